The average molecular weight is 467 g/mol. The Morgan fingerprint density at radius 3 is 1.90 bits per heavy atom. The first-order valence-electron chi connectivity index (χ1n) is 9.06. The van der Waals surface area contributed by atoms with Crippen LogP contribution in [0.1, 0.15) is 36.0 Å². The van der Waals surface area contributed by atoms with Crippen molar-refractivity contribution >= 4 is 85.1 Å². The van der Waals surface area contributed by atoms with E-state index < -0.39 is 0 Å². The van der Waals surface area contributed by atoms with Crippen molar-refractivity contribution in [2.75, 3.05) is 0 Å². The number of hydrogen-bond donors (Lipinski definition) is 0. The quantitative estimate of drug-likeness (QED) is 0.227. The first-order chi connectivity index (χ1) is 14.5. The van der Waals surface area contributed by atoms with Crippen LogP contribution in [0.3, 0.4) is 0 Å². The van der Waals surface area contributed by atoms with Gasteiger partial charge in [-0.3, -0.25) is 9.59 Å². The fraction of sp³-hybridized carbons (Fsp3) is 0. The van der Waals surface area contributed by atoms with Crippen LogP contribution < -0.4 is 0 Å². The minimum absolute atomic E-state index is 0.154. The van der Waals surface area contributed by atoms with E-state index in [-0.39, 0.29) is 27.2 Å². The van der Waals surface area contributed by atoms with E-state index in [2.05, 4.69) is 30.4 Å². The number of thiophene rings is 2. The van der Waals surface area contributed by atoms with Crippen molar-refractivity contribution < 1.29 is 9.59 Å². The molecule has 0 saturated carbocycles. The second-order valence-corrected chi connectivity index (χ2v) is 9.84. The molecule has 0 radical (unpaired) electrons. The van der Waals surface area contributed by atoms with Gasteiger partial charge in [-0.2, -0.15) is 0 Å². The molecule has 0 atom stereocenters. The maximum absolute atomic E-state index is 12.7. The molecular weight excluding hydrogens is 455 g/mol. The number of fused-ring (bicyclic) bond motifs is 2. The van der Waals surface area contributed by atoms with Gasteiger partial charge in [0.25, 0.3) is 0 Å². The molecule has 5 rings (SSSR count). The van der Waals surface area contributed by atoms with Crippen LogP contribution in [0.15, 0.2) is 60.2 Å². The normalized spacial score (nSPS) is 13.6. The molecule has 0 saturated heterocycles. The van der Waals surface area contributed by atoms with Crippen LogP contribution in [-0.4, -0.2) is 11.6 Å². The highest BCUT2D eigenvalue weighted by Gasteiger charge is 2.34. The largest absolute Gasteiger partial charge is 0.288 e. The molecule has 2 heterocycles. The van der Waals surface area contributed by atoms with Gasteiger partial charge in [-0.25, -0.2) is 0 Å². The smallest absolute Gasteiger partial charge is 0.197 e. The SMILES string of the molecule is O=C1C(=Cc2cc3sc(/C=C/c4ccccc4)cc3s2)C(=O)c2cc(Cl)c(Cl)cc21. The summed E-state index contributed by atoms with van der Waals surface area (Å²) in [6, 6.07) is 17.2. The molecule has 2 aromatic carbocycles. The highest BCUT2D eigenvalue weighted by molar-refractivity contribution is 7.28. The Morgan fingerprint density at radius 2 is 1.27 bits per heavy atom. The Morgan fingerprint density at radius 1 is 0.700 bits per heavy atom. The van der Waals surface area contributed by atoms with E-state index in [1.165, 1.54) is 12.1 Å². The highest BCUT2D eigenvalue weighted by atomic mass is 35.5. The van der Waals surface area contributed by atoms with Gasteiger partial charge in [0.2, 0.25) is 0 Å². The molecule has 0 fully saturated rings. The summed E-state index contributed by atoms with van der Waals surface area (Å²) in [6.07, 6.45) is 5.85. The third-order valence-electron chi connectivity index (χ3n) is 4.81. The number of ketones is 2. The van der Waals surface area contributed by atoms with Crippen LogP contribution >= 0.6 is 45.9 Å². The van der Waals surface area contributed by atoms with Gasteiger partial charge in [0.15, 0.2) is 11.6 Å². The summed E-state index contributed by atoms with van der Waals surface area (Å²) in [7, 11) is 0. The Balaban J connectivity index is 1.44. The molecule has 1 aliphatic rings. The molecule has 6 heteroatoms. The van der Waals surface area contributed by atoms with Crippen molar-refractivity contribution in [3.8, 4) is 0 Å². The molecular formula is C24H12Cl2O2S2. The molecule has 4 aromatic rings. The molecule has 146 valence electrons. The minimum Gasteiger partial charge on any atom is -0.288 e. The second-order valence-electron chi connectivity index (χ2n) is 6.80. The fourth-order valence-corrected chi connectivity index (χ4v) is 5.95. The van der Waals surface area contributed by atoms with E-state index in [4.69, 9.17) is 23.2 Å². The van der Waals surface area contributed by atoms with Crippen molar-refractivity contribution in [1.82, 2.24) is 0 Å². The Bertz CT molecular complexity index is 1320. The molecule has 0 spiro atoms. The van der Waals surface area contributed by atoms with E-state index in [9.17, 15) is 9.59 Å². The number of carbonyl (C=O) groups excluding carboxylic acids is 2. The highest BCUT2D eigenvalue weighted by Crippen LogP contribution is 2.38. The van der Waals surface area contributed by atoms with Crippen molar-refractivity contribution in [3.05, 3.63) is 96.7 Å². The van der Waals surface area contributed by atoms with Crippen LogP contribution in [0, 0.1) is 0 Å². The molecule has 2 nitrogen and oxygen atoms in total. The number of hydrogen-bond acceptors (Lipinski definition) is 4. The lowest BCUT2D eigenvalue weighted by atomic mass is 10.1. The summed E-state index contributed by atoms with van der Waals surface area (Å²) in [5.74, 6) is -0.617. The first-order valence-corrected chi connectivity index (χ1v) is 11.4. The van der Waals surface area contributed by atoms with Crippen LogP contribution in [0.5, 0.6) is 0 Å². The molecule has 0 aliphatic heterocycles. The number of allylic oxidation sites excluding steroid dienone is 1. The number of halogens is 2. The van der Waals surface area contributed by atoms with E-state index in [0.717, 1.165) is 24.7 Å². The van der Waals surface area contributed by atoms with Crippen LogP contribution in [0.4, 0.5) is 0 Å². The summed E-state index contributed by atoms with van der Waals surface area (Å²) in [5.41, 5.74) is 1.93. The van der Waals surface area contributed by atoms with E-state index in [1.807, 2.05) is 24.3 Å². The Hall–Kier alpha value is -2.50. The summed E-state index contributed by atoms with van der Waals surface area (Å²) >= 11 is 15.3. The third kappa shape index (κ3) is 3.46. The molecule has 0 unspecified atom stereocenters. The fourth-order valence-electron chi connectivity index (χ4n) is 3.36. The molecule has 0 amide bonds. The van der Waals surface area contributed by atoms with Gasteiger partial charge in [-0.15, -0.1) is 22.7 Å². The topological polar surface area (TPSA) is 34.1 Å². The van der Waals surface area contributed by atoms with Crippen molar-refractivity contribution in [3.63, 3.8) is 0 Å². The van der Waals surface area contributed by atoms with Crippen LogP contribution in [-0.2, 0) is 0 Å². The monoisotopic (exact) mass is 466 g/mol. The zero-order chi connectivity index (χ0) is 20.8. The van der Waals surface area contributed by atoms with Gasteiger partial charge >= 0.3 is 0 Å². The maximum Gasteiger partial charge on any atom is 0.197 e. The zero-order valence-electron chi connectivity index (χ0n) is 15.3. The lowest BCUT2D eigenvalue weighted by molar-refractivity contribution is 0.0990. The van der Waals surface area contributed by atoms with Crippen molar-refractivity contribution in [2.45, 2.75) is 0 Å². The molecule has 0 N–H and O–H groups in total. The van der Waals surface area contributed by atoms with E-state index in [0.29, 0.717) is 11.1 Å². The van der Waals surface area contributed by atoms with Gasteiger partial charge < -0.3 is 0 Å². The first kappa shape index (κ1) is 19.5. The second kappa shape index (κ2) is 7.64. The Labute approximate surface area is 190 Å². The summed E-state index contributed by atoms with van der Waals surface area (Å²) in [4.78, 5) is 27.4. The predicted octanol–water partition coefficient (Wildman–Crippen LogP) is 7.90. The maximum atomic E-state index is 12.7. The zero-order valence-corrected chi connectivity index (χ0v) is 18.5. The summed E-state index contributed by atoms with van der Waals surface area (Å²) < 4.78 is 2.25. The molecule has 2 aromatic heterocycles. The van der Waals surface area contributed by atoms with Crippen molar-refractivity contribution in [1.29, 1.82) is 0 Å². The third-order valence-corrected chi connectivity index (χ3v) is 7.74. The van der Waals surface area contributed by atoms with Gasteiger partial charge in [0, 0.05) is 30.3 Å². The van der Waals surface area contributed by atoms with Gasteiger partial charge in [-0.1, -0.05) is 59.6 Å². The van der Waals surface area contributed by atoms with Gasteiger partial charge in [0.1, 0.15) is 0 Å². The lowest BCUT2D eigenvalue weighted by Crippen LogP contribution is -1.99. The number of Topliss-reactive ketones (excluding diaryl/α,β-unsaturated/α-hetero) is 2. The number of rotatable bonds is 3. The number of carbonyl (C=O) groups is 2. The summed E-state index contributed by atoms with van der Waals surface area (Å²) in [6.45, 7) is 0. The average Bonchev–Trinajstić information content (AvgIpc) is 3.35. The van der Waals surface area contributed by atoms with Crippen molar-refractivity contribution in [2.24, 2.45) is 0 Å². The number of benzene rings is 2. The van der Waals surface area contributed by atoms with Crippen LogP contribution in [0.2, 0.25) is 10.0 Å². The summed E-state index contributed by atoms with van der Waals surface area (Å²) in [5, 5.41) is 0.538. The predicted molar refractivity (Wildman–Crippen MR) is 128 cm³/mol. The minimum atomic E-state index is -0.309. The standard InChI is InChI=1S/C24H12Cl2O2S2/c25-19-11-16-17(12-20(19)26)24(28)18(23(16)27)8-15-10-22-21(30-15)9-14(29-22)7-6-13-4-2-1-3-5-13/h1-12H/b7-6+. The van der Waals surface area contributed by atoms with Gasteiger partial charge in [0.05, 0.1) is 15.6 Å². The van der Waals surface area contributed by atoms with Gasteiger partial charge in [-0.05, 0) is 42.0 Å². The molecule has 1 aliphatic carbocycles. The van der Waals surface area contributed by atoms with E-state index >= 15 is 0 Å². The van der Waals surface area contributed by atoms with E-state index in [1.54, 1.807) is 28.7 Å². The molecule has 0 bridgehead atoms. The Kier molecular flexibility index (Phi) is 4.95. The van der Waals surface area contributed by atoms with Crippen LogP contribution in [0.25, 0.3) is 27.6 Å². The lowest BCUT2D eigenvalue weighted by Gasteiger charge is -1.98. The molecule has 30 heavy (non-hydrogen) atoms.